The number of aromatic nitrogens is 3. The lowest BCUT2D eigenvalue weighted by molar-refractivity contribution is -0.124. The van der Waals surface area contributed by atoms with E-state index in [0.717, 1.165) is 5.56 Å². The molecule has 0 saturated carbocycles. The number of methoxy groups -OCH3 is 1. The van der Waals surface area contributed by atoms with Crippen LogP contribution in [-0.4, -0.2) is 27.8 Å². The molecule has 2 aromatic rings. The zero-order valence-electron chi connectivity index (χ0n) is 10.9. The molecule has 2 heterocycles. The van der Waals surface area contributed by atoms with Gasteiger partial charge in [0.1, 0.15) is 6.04 Å². The molecule has 0 aliphatic heterocycles. The molecule has 6 heteroatoms. The summed E-state index contributed by atoms with van der Waals surface area (Å²) in [5.41, 5.74) is 0.839. The standard InChI is InChI=1S/C13H16N4O2/c1-10(17-8-4-7-16-17)12(18)15-9-11-5-3-6-14-13(11)19-2/h3-8,10H,9H2,1-2H3,(H,15,18)/t10-/m1/s1. The van der Waals surface area contributed by atoms with Crippen molar-refractivity contribution in [2.24, 2.45) is 0 Å². The fourth-order valence-corrected chi connectivity index (χ4v) is 1.70. The van der Waals surface area contributed by atoms with Crippen molar-refractivity contribution in [3.05, 3.63) is 42.4 Å². The Balaban J connectivity index is 1.97. The van der Waals surface area contributed by atoms with Gasteiger partial charge in [-0.05, 0) is 19.1 Å². The van der Waals surface area contributed by atoms with E-state index in [1.807, 2.05) is 6.07 Å². The van der Waals surface area contributed by atoms with Gasteiger partial charge in [-0.2, -0.15) is 5.10 Å². The monoisotopic (exact) mass is 260 g/mol. The molecule has 0 aliphatic carbocycles. The third kappa shape index (κ3) is 3.09. The molecule has 0 spiro atoms. The van der Waals surface area contributed by atoms with Gasteiger partial charge < -0.3 is 10.1 Å². The fraction of sp³-hybridized carbons (Fsp3) is 0.308. The Morgan fingerprint density at radius 2 is 2.32 bits per heavy atom. The first kappa shape index (κ1) is 13.1. The van der Waals surface area contributed by atoms with Crippen LogP contribution in [0.3, 0.4) is 0 Å². The Morgan fingerprint density at radius 1 is 1.47 bits per heavy atom. The number of carbonyl (C=O) groups is 1. The Hall–Kier alpha value is -2.37. The second-order valence-corrected chi connectivity index (χ2v) is 4.05. The molecule has 0 fully saturated rings. The van der Waals surface area contributed by atoms with Crippen LogP contribution in [0.15, 0.2) is 36.8 Å². The van der Waals surface area contributed by atoms with Crippen LogP contribution in [0.1, 0.15) is 18.5 Å². The molecule has 1 N–H and O–H groups in total. The zero-order valence-corrected chi connectivity index (χ0v) is 10.9. The van der Waals surface area contributed by atoms with Crippen molar-refractivity contribution in [3.8, 4) is 5.88 Å². The van der Waals surface area contributed by atoms with Crippen molar-refractivity contribution in [2.45, 2.75) is 19.5 Å². The predicted octanol–water partition coefficient (Wildman–Crippen LogP) is 1.16. The number of amides is 1. The molecule has 0 radical (unpaired) electrons. The summed E-state index contributed by atoms with van der Waals surface area (Å²) in [6.45, 7) is 2.17. The minimum Gasteiger partial charge on any atom is -0.481 e. The van der Waals surface area contributed by atoms with Gasteiger partial charge in [0.05, 0.1) is 7.11 Å². The number of nitrogens with one attached hydrogen (secondary N) is 1. The molecule has 19 heavy (non-hydrogen) atoms. The van der Waals surface area contributed by atoms with E-state index >= 15 is 0 Å². The number of hydrogen-bond acceptors (Lipinski definition) is 4. The van der Waals surface area contributed by atoms with Gasteiger partial charge in [-0.25, -0.2) is 4.98 Å². The third-order valence-electron chi connectivity index (χ3n) is 2.80. The average molecular weight is 260 g/mol. The van der Waals surface area contributed by atoms with Crippen molar-refractivity contribution < 1.29 is 9.53 Å². The second kappa shape index (κ2) is 5.99. The highest BCUT2D eigenvalue weighted by Gasteiger charge is 2.15. The minimum atomic E-state index is -0.349. The summed E-state index contributed by atoms with van der Waals surface area (Å²) in [6, 6.07) is 5.11. The Labute approximate surface area is 111 Å². The van der Waals surface area contributed by atoms with E-state index in [1.54, 1.807) is 49.4 Å². The van der Waals surface area contributed by atoms with Gasteiger partial charge in [-0.15, -0.1) is 0 Å². The van der Waals surface area contributed by atoms with Crippen LogP contribution in [-0.2, 0) is 11.3 Å². The number of carbonyl (C=O) groups excluding carboxylic acids is 1. The molecule has 2 aromatic heterocycles. The molecule has 0 bridgehead atoms. The molecule has 0 unspecified atom stereocenters. The van der Waals surface area contributed by atoms with Crippen LogP contribution in [0, 0.1) is 0 Å². The lowest BCUT2D eigenvalue weighted by Crippen LogP contribution is -2.31. The lowest BCUT2D eigenvalue weighted by Gasteiger charge is -2.13. The maximum Gasteiger partial charge on any atom is 0.244 e. The molecule has 1 atom stereocenters. The van der Waals surface area contributed by atoms with Gasteiger partial charge in [0.25, 0.3) is 0 Å². The van der Waals surface area contributed by atoms with Crippen LogP contribution in [0.2, 0.25) is 0 Å². The highest BCUT2D eigenvalue weighted by molar-refractivity contribution is 5.79. The summed E-state index contributed by atoms with van der Waals surface area (Å²) in [6.07, 6.45) is 5.05. The smallest absolute Gasteiger partial charge is 0.244 e. The first-order chi connectivity index (χ1) is 9.22. The molecule has 2 rings (SSSR count). The topological polar surface area (TPSA) is 69.0 Å². The number of rotatable bonds is 5. The van der Waals surface area contributed by atoms with Gasteiger partial charge in [0.2, 0.25) is 11.8 Å². The largest absolute Gasteiger partial charge is 0.481 e. The normalized spacial score (nSPS) is 11.9. The zero-order chi connectivity index (χ0) is 13.7. The van der Waals surface area contributed by atoms with Gasteiger partial charge >= 0.3 is 0 Å². The molecule has 0 aliphatic rings. The first-order valence-electron chi connectivity index (χ1n) is 5.97. The van der Waals surface area contributed by atoms with Gasteiger partial charge in [-0.3, -0.25) is 9.48 Å². The average Bonchev–Trinajstić information content (AvgIpc) is 2.98. The molecule has 0 saturated heterocycles. The van der Waals surface area contributed by atoms with Crippen molar-refractivity contribution in [2.75, 3.05) is 7.11 Å². The summed E-state index contributed by atoms with van der Waals surface area (Å²) in [5, 5.41) is 6.89. The molecule has 100 valence electrons. The summed E-state index contributed by atoms with van der Waals surface area (Å²) in [4.78, 5) is 16.1. The van der Waals surface area contributed by atoms with Crippen LogP contribution < -0.4 is 10.1 Å². The van der Waals surface area contributed by atoms with Crippen LogP contribution in [0.25, 0.3) is 0 Å². The number of pyridine rings is 1. The summed E-state index contributed by atoms with van der Waals surface area (Å²) >= 11 is 0. The van der Waals surface area contributed by atoms with Crippen LogP contribution >= 0.6 is 0 Å². The molecular formula is C13H16N4O2. The Kier molecular flexibility index (Phi) is 4.12. The number of ether oxygens (including phenoxy) is 1. The van der Waals surface area contributed by atoms with E-state index < -0.39 is 0 Å². The summed E-state index contributed by atoms with van der Waals surface area (Å²) in [7, 11) is 1.56. The van der Waals surface area contributed by atoms with Crippen LogP contribution in [0.4, 0.5) is 0 Å². The highest BCUT2D eigenvalue weighted by Crippen LogP contribution is 2.13. The van der Waals surface area contributed by atoms with E-state index in [2.05, 4.69) is 15.4 Å². The second-order valence-electron chi connectivity index (χ2n) is 4.05. The van der Waals surface area contributed by atoms with Crippen molar-refractivity contribution >= 4 is 5.91 Å². The number of nitrogens with zero attached hydrogens (tertiary/aromatic N) is 3. The van der Waals surface area contributed by atoms with Crippen molar-refractivity contribution in [1.29, 1.82) is 0 Å². The summed E-state index contributed by atoms with van der Waals surface area (Å²) in [5.74, 6) is 0.421. The highest BCUT2D eigenvalue weighted by atomic mass is 16.5. The molecule has 6 nitrogen and oxygen atoms in total. The lowest BCUT2D eigenvalue weighted by atomic mass is 10.2. The quantitative estimate of drug-likeness (QED) is 0.876. The fourth-order valence-electron chi connectivity index (χ4n) is 1.70. The Bertz CT molecular complexity index is 539. The first-order valence-corrected chi connectivity index (χ1v) is 5.97. The number of hydrogen-bond donors (Lipinski definition) is 1. The van der Waals surface area contributed by atoms with E-state index in [-0.39, 0.29) is 11.9 Å². The third-order valence-corrected chi connectivity index (χ3v) is 2.80. The van der Waals surface area contributed by atoms with Gasteiger partial charge in [-0.1, -0.05) is 6.07 Å². The Morgan fingerprint density at radius 3 is 3.00 bits per heavy atom. The van der Waals surface area contributed by atoms with E-state index in [0.29, 0.717) is 12.4 Å². The van der Waals surface area contributed by atoms with Gasteiger partial charge in [0, 0.05) is 30.7 Å². The van der Waals surface area contributed by atoms with E-state index in [1.165, 1.54) is 0 Å². The van der Waals surface area contributed by atoms with E-state index in [9.17, 15) is 4.79 Å². The van der Waals surface area contributed by atoms with Crippen molar-refractivity contribution in [3.63, 3.8) is 0 Å². The van der Waals surface area contributed by atoms with Crippen LogP contribution in [0.5, 0.6) is 5.88 Å². The maximum atomic E-state index is 12.0. The molecule has 0 aromatic carbocycles. The minimum absolute atomic E-state index is 0.102. The molecule has 1 amide bonds. The van der Waals surface area contributed by atoms with E-state index in [4.69, 9.17) is 4.74 Å². The summed E-state index contributed by atoms with van der Waals surface area (Å²) < 4.78 is 6.74. The SMILES string of the molecule is COc1ncccc1CNC(=O)[C@@H](C)n1cccn1. The maximum absolute atomic E-state index is 12.0. The van der Waals surface area contributed by atoms with Gasteiger partial charge in [0.15, 0.2) is 0 Å². The molecular weight excluding hydrogens is 244 g/mol. The predicted molar refractivity (Wildman–Crippen MR) is 69.6 cm³/mol. The van der Waals surface area contributed by atoms with Crippen molar-refractivity contribution in [1.82, 2.24) is 20.1 Å².